The normalized spacial score (nSPS) is 10.4. The first-order valence-electron chi connectivity index (χ1n) is 5.65. The van der Waals surface area contributed by atoms with Gasteiger partial charge >= 0.3 is 0 Å². The van der Waals surface area contributed by atoms with Crippen LogP contribution in [0.1, 0.15) is 5.56 Å². The number of nitrogens with zero attached hydrogens (tertiary/aromatic N) is 2. The molecule has 0 radical (unpaired) electrons. The van der Waals surface area contributed by atoms with E-state index < -0.39 is 0 Å². The Kier molecular flexibility index (Phi) is 2.28. The van der Waals surface area contributed by atoms with Gasteiger partial charge in [-0.3, -0.25) is 0 Å². The number of nitrogen functional groups attached to an aromatic ring is 1. The van der Waals surface area contributed by atoms with E-state index in [-0.39, 0.29) is 0 Å². The van der Waals surface area contributed by atoms with Crippen LogP contribution in [0.2, 0.25) is 0 Å². The molecule has 0 saturated carbocycles. The minimum atomic E-state index is 0.662. The summed E-state index contributed by atoms with van der Waals surface area (Å²) in [5, 5.41) is 9.94. The molecule has 3 aromatic rings. The van der Waals surface area contributed by atoms with Crippen LogP contribution in [-0.4, -0.2) is 4.57 Å². The first kappa shape index (κ1) is 10.4. The quantitative estimate of drug-likeness (QED) is 0.656. The van der Waals surface area contributed by atoms with E-state index in [1.54, 1.807) is 0 Å². The molecule has 0 amide bonds. The lowest BCUT2D eigenvalue weighted by Crippen LogP contribution is -1.92. The Morgan fingerprint density at radius 2 is 1.78 bits per heavy atom. The van der Waals surface area contributed by atoms with Crippen molar-refractivity contribution in [1.29, 1.82) is 5.26 Å². The van der Waals surface area contributed by atoms with Gasteiger partial charge in [-0.1, -0.05) is 6.07 Å². The van der Waals surface area contributed by atoms with E-state index in [9.17, 15) is 0 Å². The number of aromatic nitrogens is 1. The maximum absolute atomic E-state index is 8.79. The Morgan fingerprint density at radius 3 is 2.50 bits per heavy atom. The highest BCUT2D eigenvalue weighted by molar-refractivity contribution is 5.84. The lowest BCUT2D eigenvalue weighted by molar-refractivity contribution is 1.13. The molecule has 3 rings (SSSR count). The zero-order valence-corrected chi connectivity index (χ0v) is 9.67. The van der Waals surface area contributed by atoms with Gasteiger partial charge in [-0.15, -0.1) is 0 Å². The maximum Gasteiger partial charge on any atom is 0.0991 e. The average Bonchev–Trinajstić information content (AvgIpc) is 2.82. The third-order valence-corrected chi connectivity index (χ3v) is 2.99. The minimum absolute atomic E-state index is 0.662. The van der Waals surface area contributed by atoms with Gasteiger partial charge in [-0.25, -0.2) is 0 Å². The Morgan fingerprint density at radius 1 is 1.00 bits per heavy atom. The van der Waals surface area contributed by atoms with Gasteiger partial charge in [0.05, 0.1) is 17.1 Å². The van der Waals surface area contributed by atoms with Crippen LogP contribution in [-0.2, 0) is 0 Å². The van der Waals surface area contributed by atoms with Gasteiger partial charge in [-0.05, 0) is 42.5 Å². The van der Waals surface area contributed by atoms with Crippen molar-refractivity contribution in [3.05, 3.63) is 60.3 Å². The van der Waals surface area contributed by atoms with Gasteiger partial charge in [-0.2, -0.15) is 5.26 Å². The summed E-state index contributed by atoms with van der Waals surface area (Å²) in [6, 6.07) is 17.5. The molecule has 2 N–H and O–H groups in total. The van der Waals surface area contributed by atoms with E-state index in [1.807, 2.05) is 54.7 Å². The number of nitrogens with two attached hydrogens (primary N) is 1. The number of rotatable bonds is 1. The first-order valence-corrected chi connectivity index (χ1v) is 5.65. The second-order valence-corrected chi connectivity index (χ2v) is 4.16. The molecular formula is C15H11N3. The Bertz CT molecular complexity index is 745. The Hall–Kier alpha value is -2.73. The molecule has 1 aromatic heterocycles. The molecular weight excluding hydrogens is 222 g/mol. The highest BCUT2D eigenvalue weighted by Crippen LogP contribution is 2.22. The SMILES string of the molecule is N#Cc1ccc(-n2ccc3ccc(N)cc32)cc1. The highest BCUT2D eigenvalue weighted by atomic mass is 15.0. The zero-order chi connectivity index (χ0) is 12.5. The number of anilines is 1. The molecule has 2 aromatic carbocycles. The fourth-order valence-corrected chi connectivity index (χ4v) is 2.07. The van der Waals surface area contributed by atoms with E-state index in [0.717, 1.165) is 22.3 Å². The summed E-state index contributed by atoms with van der Waals surface area (Å²) in [7, 11) is 0. The van der Waals surface area contributed by atoms with Crippen molar-refractivity contribution in [3.8, 4) is 11.8 Å². The zero-order valence-electron chi connectivity index (χ0n) is 9.67. The highest BCUT2D eigenvalue weighted by Gasteiger charge is 2.03. The lowest BCUT2D eigenvalue weighted by Gasteiger charge is -2.05. The van der Waals surface area contributed by atoms with E-state index in [0.29, 0.717) is 5.56 Å². The molecule has 0 atom stereocenters. The van der Waals surface area contributed by atoms with E-state index in [4.69, 9.17) is 11.0 Å². The maximum atomic E-state index is 8.79. The van der Waals surface area contributed by atoms with Gasteiger partial charge in [0, 0.05) is 23.0 Å². The van der Waals surface area contributed by atoms with Crippen LogP contribution >= 0.6 is 0 Å². The predicted octanol–water partition coefficient (Wildman–Crippen LogP) is 3.08. The summed E-state index contributed by atoms with van der Waals surface area (Å²) in [6.45, 7) is 0. The summed E-state index contributed by atoms with van der Waals surface area (Å²) < 4.78 is 2.06. The van der Waals surface area contributed by atoms with Crippen molar-refractivity contribution in [2.75, 3.05) is 5.73 Å². The fourth-order valence-electron chi connectivity index (χ4n) is 2.07. The molecule has 0 aliphatic rings. The molecule has 3 nitrogen and oxygen atoms in total. The van der Waals surface area contributed by atoms with Gasteiger partial charge in [0.25, 0.3) is 0 Å². The van der Waals surface area contributed by atoms with Crippen LogP contribution < -0.4 is 5.73 Å². The van der Waals surface area contributed by atoms with E-state index in [1.165, 1.54) is 0 Å². The van der Waals surface area contributed by atoms with Crippen LogP contribution in [0.4, 0.5) is 5.69 Å². The van der Waals surface area contributed by atoms with Gasteiger partial charge < -0.3 is 10.3 Å². The van der Waals surface area contributed by atoms with Gasteiger partial charge in [0.2, 0.25) is 0 Å². The number of benzene rings is 2. The van der Waals surface area contributed by atoms with Crippen molar-refractivity contribution in [2.45, 2.75) is 0 Å². The van der Waals surface area contributed by atoms with Gasteiger partial charge in [0.1, 0.15) is 0 Å². The van der Waals surface area contributed by atoms with Gasteiger partial charge in [0.15, 0.2) is 0 Å². The van der Waals surface area contributed by atoms with E-state index in [2.05, 4.69) is 10.6 Å². The van der Waals surface area contributed by atoms with Crippen molar-refractivity contribution in [1.82, 2.24) is 4.57 Å². The lowest BCUT2D eigenvalue weighted by atomic mass is 10.2. The van der Waals surface area contributed by atoms with E-state index >= 15 is 0 Å². The van der Waals surface area contributed by atoms with Crippen LogP contribution in [0.5, 0.6) is 0 Å². The number of hydrogen-bond donors (Lipinski definition) is 1. The third-order valence-electron chi connectivity index (χ3n) is 2.99. The number of nitriles is 1. The Balaban J connectivity index is 2.19. The second kappa shape index (κ2) is 3.94. The topological polar surface area (TPSA) is 54.7 Å². The van der Waals surface area contributed by atoms with Crippen molar-refractivity contribution in [2.24, 2.45) is 0 Å². The van der Waals surface area contributed by atoms with Crippen LogP contribution in [0.25, 0.3) is 16.6 Å². The predicted molar refractivity (Wildman–Crippen MR) is 72.4 cm³/mol. The standard InChI is InChI=1S/C15H11N3/c16-10-11-1-5-14(6-2-11)18-8-7-12-3-4-13(17)9-15(12)18/h1-9H,17H2. The average molecular weight is 233 g/mol. The summed E-state index contributed by atoms with van der Waals surface area (Å²) in [5.74, 6) is 0. The monoisotopic (exact) mass is 233 g/mol. The van der Waals surface area contributed by atoms with Crippen molar-refractivity contribution >= 4 is 16.6 Å². The molecule has 1 heterocycles. The third kappa shape index (κ3) is 1.61. The molecule has 18 heavy (non-hydrogen) atoms. The molecule has 86 valence electrons. The molecule has 0 saturated heterocycles. The molecule has 0 fully saturated rings. The molecule has 0 unspecified atom stereocenters. The van der Waals surface area contributed by atoms with Crippen molar-refractivity contribution in [3.63, 3.8) is 0 Å². The summed E-state index contributed by atoms with van der Waals surface area (Å²) in [6.07, 6.45) is 2.01. The molecule has 0 spiro atoms. The summed E-state index contributed by atoms with van der Waals surface area (Å²) in [5.41, 5.74) is 9.32. The van der Waals surface area contributed by atoms with Crippen LogP contribution in [0.3, 0.4) is 0 Å². The second-order valence-electron chi connectivity index (χ2n) is 4.16. The molecule has 0 aliphatic carbocycles. The van der Waals surface area contributed by atoms with Crippen molar-refractivity contribution < 1.29 is 0 Å². The number of fused-ring (bicyclic) bond motifs is 1. The van der Waals surface area contributed by atoms with Crippen LogP contribution in [0, 0.1) is 11.3 Å². The fraction of sp³-hybridized carbons (Fsp3) is 0. The molecule has 3 heteroatoms. The first-order chi connectivity index (χ1) is 8.78. The minimum Gasteiger partial charge on any atom is -0.399 e. The van der Waals surface area contributed by atoms with Crippen LogP contribution in [0.15, 0.2) is 54.7 Å². The number of hydrogen-bond acceptors (Lipinski definition) is 2. The Labute approximate surface area is 105 Å². The smallest absolute Gasteiger partial charge is 0.0991 e. The summed E-state index contributed by atoms with van der Waals surface area (Å²) in [4.78, 5) is 0. The molecule has 0 aliphatic heterocycles. The summed E-state index contributed by atoms with van der Waals surface area (Å²) >= 11 is 0. The largest absolute Gasteiger partial charge is 0.399 e. The molecule has 0 bridgehead atoms.